The molecule has 0 amide bonds. The lowest BCUT2D eigenvalue weighted by Crippen LogP contribution is -2.12. The molecule has 88 valence electrons. The van der Waals surface area contributed by atoms with Crippen LogP contribution in [0.15, 0.2) is 12.1 Å². The summed E-state index contributed by atoms with van der Waals surface area (Å²) in [5, 5.41) is 3.10. The van der Waals surface area contributed by atoms with Crippen LogP contribution in [0.3, 0.4) is 0 Å². The number of ether oxygens (including phenoxy) is 1. The fraction of sp³-hybridized carbons (Fsp3) is 0.500. The van der Waals surface area contributed by atoms with Crippen LogP contribution < -0.4 is 5.32 Å². The summed E-state index contributed by atoms with van der Waals surface area (Å²) in [6.45, 7) is 6.75. The van der Waals surface area contributed by atoms with Crippen LogP contribution in [-0.4, -0.2) is 24.1 Å². The number of nitrogens with one attached hydrogen (secondary N) is 1. The van der Waals surface area contributed by atoms with E-state index in [9.17, 15) is 4.79 Å². The molecule has 0 saturated heterocycles. The number of carbonyl (C=O) groups excluding carboxylic acids is 1. The van der Waals surface area contributed by atoms with Gasteiger partial charge in [-0.05, 0) is 38.5 Å². The molecule has 1 rings (SSSR count). The molecule has 0 aromatic carbocycles. The highest BCUT2D eigenvalue weighted by Gasteiger charge is 2.01. The van der Waals surface area contributed by atoms with Crippen molar-refractivity contribution in [2.24, 2.45) is 0 Å². The zero-order chi connectivity index (χ0) is 12.0. The summed E-state index contributed by atoms with van der Waals surface area (Å²) in [5.74, 6) is 0.626. The highest BCUT2D eigenvalue weighted by Crippen LogP contribution is 2.08. The van der Waals surface area contributed by atoms with Crippen molar-refractivity contribution in [1.82, 2.24) is 4.98 Å². The monoisotopic (exact) mass is 222 g/mol. The quantitative estimate of drug-likeness (QED) is 0.775. The van der Waals surface area contributed by atoms with Crippen LogP contribution in [0.25, 0.3) is 0 Å². The van der Waals surface area contributed by atoms with E-state index in [2.05, 4.69) is 10.3 Å². The molecule has 4 nitrogen and oxygen atoms in total. The Morgan fingerprint density at radius 2 is 2.19 bits per heavy atom. The molecule has 0 aliphatic carbocycles. The first-order chi connectivity index (χ1) is 7.61. The van der Waals surface area contributed by atoms with Gasteiger partial charge in [0, 0.05) is 12.2 Å². The highest BCUT2D eigenvalue weighted by atomic mass is 16.5. The summed E-state index contributed by atoms with van der Waals surface area (Å²) in [5.41, 5.74) is 2.13. The van der Waals surface area contributed by atoms with E-state index < -0.39 is 0 Å². The standard InChI is InChI=1S/C12H18N2O2/c1-4-16-12(15)5-6-13-11-8-9(2)7-10(3)14-11/h7-8H,4-6H2,1-3H3,(H,13,14). The molecular weight excluding hydrogens is 204 g/mol. The third kappa shape index (κ3) is 4.29. The van der Waals surface area contributed by atoms with Gasteiger partial charge in [0.1, 0.15) is 5.82 Å². The van der Waals surface area contributed by atoms with Gasteiger partial charge in [-0.25, -0.2) is 4.98 Å². The van der Waals surface area contributed by atoms with Gasteiger partial charge in [0.2, 0.25) is 0 Å². The Balaban J connectivity index is 2.40. The van der Waals surface area contributed by atoms with Crippen LogP contribution >= 0.6 is 0 Å². The second-order valence-corrected chi connectivity index (χ2v) is 3.65. The van der Waals surface area contributed by atoms with Crippen molar-refractivity contribution in [1.29, 1.82) is 0 Å². The first-order valence-electron chi connectivity index (χ1n) is 5.46. The van der Waals surface area contributed by atoms with E-state index in [0.717, 1.165) is 17.1 Å². The van der Waals surface area contributed by atoms with Gasteiger partial charge < -0.3 is 10.1 Å². The predicted octanol–water partition coefficient (Wildman–Crippen LogP) is 2.06. The van der Waals surface area contributed by atoms with E-state index in [0.29, 0.717) is 19.6 Å². The zero-order valence-electron chi connectivity index (χ0n) is 10.0. The molecule has 0 atom stereocenters. The molecule has 1 aromatic heterocycles. The number of anilines is 1. The molecule has 0 fully saturated rings. The molecule has 0 aliphatic heterocycles. The van der Waals surface area contributed by atoms with Crippen molar-refractivity contribution >= 4 is 11.8 Å². The molecule has 0 saturated carbocycles. The van der Waals surface area contributed by atoms with E-state index in [1.165, 1.54) is 0 Å². The maximum atomic E-state index is 11.1. The van der Waals surface area contributed by atoms with E-state index in [-0.39, 0.29) is 5.97 Å². The summed E-state index contributed by atoms with van der Waals surface area (Å²) in [4.78, 5) is 15.4. The van der Waals surface area contributed by atoms with E-state index in [4.69, 9.17) is 4.74 Å². The fourth-order valence-electron chi connectivity index (χ4n) is 1.46. The third-order valence-electron chi connectivity index (χ3n) is 2.04. The molecule has 0 aliphatic rings. The lowest BCUT2D eigenvalue weighted by atomic mass is 10.2. The molecule has 1 heterocycles. The van der Waals surface area contributed by atoms with Crippen molar-refractivity contribution in [3.8, 4) is 0 Å². The summed E-state index contributed by atoms with van der Waals surface area (Å²) in [6, 6.07) is 3.97. The lowest BCUT2D eigenvalue weighted by molar-refractivity contribution is -0.142. The Labute approximate surface area is 96.0 Å². The van der Waals surface area contributed by atoms with E-state index in [1.807, 2.05) is 26.0 Å². The Hall–Kier alpha value is -1.58. The van der Waals surface area contributed by atoms with Crippen LogP contribution in [-0.2, 0) is 9.53 Å². The van der Waals surface area contributed by atoms with Gasteiger partial charge in [-0.2, -0.15) is 0 Å². The molecule has 4 heteroatoms. The largest absolute Gasteiger partial charge is 0.466 e. The normalized spacial score (nSPS) is 9.94. The number of esters is 1. The number of nitrogens with zero attached hydrogens (tertiary/aromatic N) is 1. The van der Waals surface area contributed by atoms with E-state index >= 15 is 0 Å². The molecule has 16 heavy (non-hydrogen) atoms. The minimum Gasteiger partial charge on any atom is -0.466 e. The van der Waals surface area contributed by atoms with Gasteiger partial charge in [0.25, 0.3) is 0 Å². The number of hydrogen-bond acceptors (Lipinski definition) is 4. The molecule has 0 radical (unpaired) electrons. The summed E-state index contributed by atoms with van der Waals surface area (Å²) >= 11 is 0. The maximum absolute atomic E-state index is 11.1. The van der Waals surface area contributed by atoms with Crippen molar-refractivity contribution in [2.45, 2.75) is 27.2 Å². The fourth-order valence-corrected chi connectivity index (χ4v) is 1.46. The smallest absolute Gasteiger partial charge is 0.307 e. The molecular formula is C12H18N2O2. The number of hydrogen-bond donors (Lipinski definition) is 1. The topological polar surface area (TPSA) is 51.2 Å². The SMILES string of the molecule is CCOC(=O)CCNc1cc(C)cc(C)n1. The van der Waals surface area contributed by atoms with Crippen LogP contribution in [0.5, 0.6) is 0 Å². The Kier molecular flexibility index (Phi) is 4.76. The molecule has 0 unspecified atom stereocenters. The zero-order valence-corrected chi connectivity index (χ0v) is 10.0. The second-order valence-electron chi connectivity index (χ2n) is 3.65. The van der Waals surface area contributed by atoms with Gasteiger partial charge in [-0.1, -0.05) is 0 Å². The van der Waals surface area contributed by atoms with Gasteiger partial charge in [0.05, 0.1) is 13.0 Å². The molecule has 1 N–H and O–H groups in total. The van der Waals surface area contributed by atoms with Gasteiger partial charge in [-0.3, -0.25) is 4.79 Å². The van der Waals surface area contributed by atoms with Crippen molar-refractivity contribution in [2.75, 3.05) is 18.5 Å². The number of pyridine rings is 1. The van der Waals surface area contributed by atoms with Crippen molar-refractivity contribution < 1.29 is 9.53 Å². The number of aromatic nitrogens is 1. The first kappa shape index (κ1) is 12.5. The van der Waals surface area contributed by atoms with Gasteiger partial charge in [0.15, 0.2) is 0 Å². The number of aryl methyl sites for hydroxylation is 2. The third-order valence-corrected chi connectivity index (χ3v) is 2.04. The maximum Gasteiger partial charge on any atom is 0.307 e. The Bertz CT molecular complexity index is 344. The minimum absolute atomic E-state index is 0.181. The molecule has 0 spiro atoms. The van der Waals surface area contributed by atoms with E-state index in [1.54, 1.807) is 6.92 Å². The van der Waals surface area contributed by atoms with Crippen LogP contribution in [0.2, 0.25) is 0 Å². The Morgan fingerprint density at radius 1 is 1.44 bits per heavy atom. The first-order valence-corrected chi connectivity index (χ1v) is 5.46. The average molecular weight is 222 g/mol. The summed E-state index contributed by atoms with van der Waals surface area (Å²) in [6.07, 6.45) is 0.364. The number of rotatable bonds is 5. The molecule has 0 bridgehead atoms. The van der Waals surface area contributed by atoms with Crippen molar-refractivity contribution in [3.05, 3.63) is 23.4 Å². The average Bonchev–Trinajstić information content (AvgIpc) is 2.16. The Morgan fingerprint density at radius 3 is 2.81 bits per heavy atom. The lowest BCUT2D eigenvalue weighted by Gasteiger charge is -2.07. The minimum atomic E-state index is -0.181. The second kappa shape index (κ2) is 6.10. The highest BCUT2D eigenvalue weighted by molar-refractivity contribution is 5.69. The van der Waals surface area contributed by atoms with Crippen LogP contribution in [0.1, 0.15) is 24.6 Å². The van der Waals surface area contributed by atoms with Crippen molar-refractivity contribution in [3.63, 3.8) is 0 Å². The van der Waals surface area contributed by atoms with Crippen LogP contribution in [0.4, 0.5) is 5.82 Å². The van der Waals surface area contributed by atoms with Crippen LogP contribution in [0, 0.1) is 13.8 Å². The number of carbonyl (C=O) groups is 1. The summed E-state index contributed by atoms with van der Waals surface area (Å²) in [7, 11) is 0. The van der Waals surface area contributed by atoms with Gasteiger partial charge >= 0.3 is 5.97 Å². The predicted molar refractivity (Wildman–Crippen MR) is 63.5 cm³/mol. The molecule has 1 aromatic rings. The summed E-state index contributed by atoms with van der Waals surface area (Å²) < 4.78 is 4.83. The van der Waals surface area contributed by atoms with Gasteiger partial charge in [-0.15, -0.1) is 0 Å².